The van der Waals surface area contributed by atoms with Crippen molar-refractivity contribution in [2.45, 2.75) is 38.6 Å². The Hall–Kier alpha value is -1.30. The molecule has 2 amide bonds. The summed E-state index contributed by atoms with van der Waals surface area (Å²) in [4.78, 5) is 24.0. The van der Waals surface area contributed by atoms with E-state index in [1.165, 1.54) is 4.90 Å². The molecule has 1 atom stereocenters. The summed E-state index contributed by atoms with van der Waals surface area (Å²) in [7, 11) is 1.61. The van der Waals surface area contributed by atoms with Crippen molar-refractivity contribution >= 4 is 12.0 Å². The third-order valence-electron chi connectivity index (χ3n) is 3.80. The van der Waals surface area contributed by atoms with Gasteiger partial charge >= 0.3 is 12.0 Å². The molecule has 0 aliphatic heterocycles. The number of nitrogens with one attached hydrogen (secondary N) is 1. The van der Waals surface area contributed by atoms with Crippen LogP contribution in [-0.4, -0.2) is 53.4 Å². The van der Waals surface area contributed by atoms with Gasteiger partial charge in [0.05, 0.1) is 19.1 Å². The van der Waals surface area contributed by atoms with Crippen molar-refractivity contribution in [3.05, 3.63) is 0 Å². The van der Waals surface area contributed by atoms with Crippen molar-refractivity contribution in [3.8, 4) is 0 Å². The van der Waals surface area contributed by atoms with Gasteiger partial charge in [-0.1, -0.05) is 6.42 Å². The Kier molecular flexibility index (Phi) is 4.95. The Balaban J connectivity index is 2.43. The van der Waals surface area contributed by atoms with Gasteiger partial charge in [-0.05, 0) is 25.2 Å². The number of aliphatic carboxylic acids is 1. The van der Waals surface area contributed by atoms with E-state index in [1.54, 1.807) is 14.0 Å². The second-order valence-corrected chi connectivity index (χ2v) is 5.23. The van der Waals surface area contributed by atoms with Crippen molar-refractivity contribution in [1.82, 2.24) is 10.2 Å². The molecule has 3 N–H and O–H groups in total. The molecule has 6 nitrogen and oxygen atoms in total. The molecule has 1 aliphatic carbocycles. The minimum Gasteiger partial charge on any atom is -0.481 e. The van der Waals surface area contributed by atoms with Crippen LogP contribution in [-0.2, 0) is 4.79 Å². The zero-order valence-electron chi connectivity index (χ0n) is 11.0. The Morgan fingerprint density at radius 2 is 2.06 bits per heavy atom. The van der Waals surface area contributed by atoms with Gasteiger partial charge in [-0.15, -0.1) is 0 Å². The molecular weight excluding hydrogens is 236 g/mol. The number of aliphatic hydroxyl groups is 1. The van der Waals surface area contributed by atoms with Gasteiger partial charge in [0, 0.05) is 13.6 Å². The first-order valence-corrected chi connectivity index (χ1v) is 6.23. The first-order chi connectivity index (χ1) is 8.40. The van der Waals surface area contributed by atoms with E-state index in [-0.39, 0.29) is 30.5 Å². The summed E-state index contributed by atoms with van der Waals surface area (Å²) in [6.07, 6.45) is 2.82. The predicted octanol–water partition coefficient (Wildman–Crippen LogP) is 0.654. The fourth-order valence-electron chi connectivity index (χ4n) is 2.12. The summed E-state index contributed by atoms with van der Waals surface area (Å²) in [5.74, 6) is -0.818. The molecule has 0 aromatic heterocycles. The fourth-order valence-corrected chi connectivity index (χ4v) is 2.12. The molecular formula is C12H22N2O4. The summed E-state index contributed by atoms with van der Waals surface area (Å²) in [6.45, 7) is 2.04. The van der Waals surface area contributed by atoms with Gasteiger partial charge in [0.15, 0.2) is 0 Å². The SMILES string of the molecule is CC(CO)N(C)C(=O)NCC1(CC(=O)O)CCC1. The first kappa shape index (κ1) is 14.8. The van der Waals surface area contributed by atoms with Crippen LogP contribution in [0.5, 0.6) is 0 Å². The third-order valence-corrected chi connectivity index (χ3v) is 3.80. The Labute approximate surface area is 107 Å². The predicted molar refractivity (Wildman–Crippen MR) is 66.2 cm³/mol. The molecule has 1 fully saturated rings. The number of aliphatic hydroxyl groups excluding tert-OH is 1. The van der Waals surface area contributed by atoms with Crippen LogP contribution in [0.2, 0.25) is 0 Å². The number of carbonyl (C=O) groups is 2. The number of hydrogen-bond donors (Lipinski definition) is 3. The lowest BCUT2D eigenvalue weighted by molar-refractivity contribution is -0.141. The van der Waals surface area contributed by atoms with Crippen molar-refractivity contribution in [3.63, 3.8) is 0 Å². The smallest absolute Gasteiger partial charge is 0.317 e. The maximum Gasteiger partial charge on any atom is 0.317 e. The van der Waals surface area contributed by atoms with Crippen LogP contribution in [0, 0.1) is 5.41 Å². The zero-order valence-corrected chi connectivity index (χ0v) is 11.0. The van der Waals surface area contributed by atoms with Crippen molar-refractivity contribution in [2.24, 2.45) is 5.41 Å². The van der Waals surface area contributed by atoms with Gasteiger partial charge in [0.25, 0.3) is 0 Å². The minimum absolute atomic E-state index is 0.0931. The lowest BCUT2D eigenvalue weighted by Crippen LogP contribution is -2.49. The molecule has 1 unspecified atom stereocenters. The molecule has 18 heavy (non-hydrogen) atoms. The second kappa shape index (κ2) is 6.04. The van der Waals surface area contributed by atoms with Gasteiger partial charge in [0.2, 0.25) is 0 Å². The standard InChI is InChI=1S/C12H22N2O4/c1-9(7-15)14(2)11(18)13-8-12(4-3-5-12)6-10(16)17/h9,15H,3-8H2,1-2H3,(H,13,18)(H,16,17). The maximum atomic E-state index is 11.8. The number of likely N-dealkylation sites (N-methyl/N-ethyl adjacent to an activating group) is 1. The summed E-state index contributed by atoms with van der Waals surface area (Å²) in [6, 6.07) is -0.518. The second-order valence-electron chi connectivity index (χ2n) is 5.23. The van der Waals surface area contributed by atoms with Crippen molar-refractivity contribution < 1.29 is 19.8 Å². The van der Waals surface area contributed by atoms with E-state index in [4.69, 9.17) is 10.2 Å². The van der Waals surface area contributed by atoms with Crippen LogP contribution < -0.4 is 5.32 Å². The average molecular weight is 258 g/mol. The lowest BCUT2D eigenvalue weighted by atomic mass is 9.66. The Morgan fingerprint density at radius 1 is 1.44 bits per heavy atom. The maximum absolute atomic E-state index is 11.8. The topological polar surface area (TPSA) is 89.9 Å². The number of rotatable bonds is 6. The normalized spacial score (nSPS) is 18.6. The van der Waals surface area contributed by atoms with E-state index in [9.17, 15) is 9.59 Å². The third kappa shape index (κ3) is 3.60. The lowest BCUT2D eigenvalue weighted by Gasteiger charge is -2.41. The highest BCUT2D eigenvalue weighted by Crippen LogP contribution is 2.43. The van der Waals surface area contributed by atoms with Crippen LogP contribution in [0.25, 0.3) is 0 Å². The number of nitrogens with zero attached hydrogens (tertiary/aromatic N) is 1. The molecule has 1 aliphatic rings. The van der Waals surface area contributed by atoms with E-state index >= 15 is 0 Å². The van der Waals surface area contributed by atoms with Gasteiger partial charge in [-0.25, -0.2) is 4.79 Å². The first-order valence-electron chi connectivity index (χ1n) is 6.23. The molecule has 0 aromatic carbocycles. The fraction of sp³-hybridized carbons (Fsp3) is 0.833. The van der Waals surface area contributed by atoms with E-state index < -0.39 is 5.97 Å². The quantitative estimate of drug-likeness (QED) is 0.652. The summed E-state index contributed by atoms with van der Waals surface area (Å²) in [5, 5.41) is 20.6. The van der Waals surface area contributed by atoms with Crippen LogP contribution in [0.15, 0.2) is 0 Å². The summed E-state index contributed by atoms with van der Waals surface area (Å²) >= 11 is 0. The summed E-state index contributed by atoms with van der Waals surface area (Å²) in [5.41, 5.74) is -0.273. The largest absolute Gasteiger partial charge is 0.481 e. The monoisotopic (exact) mass is 258 g/mol. The average Bonchev–Trinajstić information content (AvgIpc) is 2.29. The molecule has 1 rings (SSSR count). The van der Waals surface area contributed by atoms with Crippen LogP contribution in [0.3, 0.4) is 0 Å². The number of carbonyl (C=O) groups excluding carboxylic acids is 1. The summed E-state index contributed by atoms with van der Waals surface area (Å²) < 4.78 is 0. The highest BCUT2D eigenvalue weighted by molar-refractivity contribution is 5.74. The van der Waals surface area contributed by atoms with Crippen LogP contribution in [0.4, 0.5) is 4.79 Å². The number of carboxylic acid groups (broad SMARTS) is 1. The molecule has 0 saturated heterocycles. The molecule has 104 valence electrons. The molecule has 0 heterocycles. The minimum atomic E-state index is -0.818. The van der Waals surface area contributed by atoms with E-state index in [1.807, 2.05) is 0 Å². The number of hydrogen-bond acceptors (Lipinski definition) is 3. The molecule has 6 heteroatoms. The number of amides is 2. The van der Waals surface area contributed by atoms with E-state index in [0.717, 1.165) is 19.3 Å². The number of carboxylic acids is 1. The molecule has 1 saturated carbocycles. The highest BCUT2D eigenvalue weighted by atomic mass is 16.4. The van der Waals surface area contributed by atoms with Crippen LogP contribution in [0.1, 0.15) is 32.6 Å². The van der Waals surface area contributed by atoms with E-state index in [2.05, 4.69) is 5.32 Å². The molecule has 0 radical (unpaired) electrons. The van der Waals surface area contributed by atoms with Crippen molar-refractivity contribution in [2.75, 3.05) is 20.2 Å². The zero-order chi connectivity index (χ0) is 13.8. The van der Waals surface area contributed by atoms with Crippen molar-refractivity contribution in [1.29, 1.82) is 0 Å². The van der Waals surface area contributed by atoms with E-state index in [0.29, 0.717) is 6.54 Å². The highest BCUT2D eigenvalue weighted by Gasteiger charge is 2.39. The van der Waals surface area contributed by atoms with Crippen LogP contribution >= 0.6 is 0 Å². The number of urea groups is 1. The Morgan fingerprint density at radius 3 is 2.44 bits per heavy atom. The van der Waals surface area contributed by atoms with Gasteiger partial charge < -0.3 is 20.4 Å². The van der Waals surface area contributed by atoms with Gasteiger partial charge in [-0.2, -0.15) is 0 Å². The van der Waals surface area contributed by atoms with Gasteiger partial charge in [-0.3, -0.25) is 4.79 Å². The Bertz CT molecular complexity index is 315. The molecule has 0 aromatic rings. The molecule has 0 spiro atoms. The van der Waals surface area contributed by atoms with Gasteiger partial charge in [0.1, 0.15) is 0 Å². The molecule has 0 bridgehead atoms.